The molecule has 146 valence electrons. The molecule has 1 aliphatic rings. The number of hydrogen-bond acceptors (Lipinski definition) is 5. The summed E-state index contributed by atoms with van der Waals surface area (Å²) >= 11 is 0. The lowest BCUT2D eigenvalue weighted by molar-refractivity contribution is 0.0126. The molecule has 0 saturated carbocycles. The van der Waals surface area contributed by atoms with Gasteiger partial charge in [-0.1, -0.05) is 59.7 Å². The predicted molar refractivity (Wildman–Crippen MR) is 110 cm³/mol. The predicted octanol–water partition coefficient (Wildman–Crippen LogP) is 3.78. The van der Waals surface area contributed by atoms with Crippen molar-refractivity contribution >= 4 is 5.95 Å². The Morgan fingerprint density at radius 3 is 2.57 bits per heavy atom. The lowest BCUT2D eigenvalue weighted by Crippen LogP contribution is -2.28. The molecule has 0 amide bonds. The van der Waals surface area contributed by atoms with Crippen molar-refractivity contribution in [3.8, 4) is 11.1 Å². The van der Waals surface area contributed by atoms with Crippen LogP contribution in [-0.2, 0) is 11.3 Å². The smallest absolute Gasteiger partial charge is 0.245 e. The first-order valence-electron chi connectivity index (χ1n) is 10.0. The zero-order chi connectivity index (χ0) is 19.2. The third-order valence-electron chi connectivity index (χ3n) is 5.31. The topological polar surface area (TPSA) is 56.1 Å². The molecule has 1 atom stereocenters. The van der Waals surface area contributed by atoms with Crippen LogP contribution >= 0.6 is 0 Å². The molecule has 0 radical (unpaired) electrons. The van der Waals surface area contributed by atoms with Crippen molar-refractivity contribution in [2.24, 2.45) is 0 Å². The molecular weight excluding hydrogens is 350 g/mol. The van der Waals surface area contributed by atoms with E-state index in [0.717, 1.165) is 31.9 Å². The Morgan fingerprint density at radius 1 is 1.04 bits per heavy atom. The Morgan fingerprint density at radius 2 is 1.82 bits per heavy atom. The van der Waals surface area contributed by atoms with E-state index in [1.165, 1.54) is 29.5 Å². The molecule has 2 heterocycles. The molecule has 28 heavy (non-hydrogen) atoms. The first-order valence-corrected chi connectivity index (χ1v) is 10.0. The Labute approximate surface area is 166 Å². The summed E-state index contributed by atoms with van der Waals surface area (Å²) in [4.78, 5) is 2.12. The third kappa shape index (κ3) is 4.57. The van der Waals surface area contributed by atoms with Crippen LogP contribution in [0.3, 0.4) is 0 Å². The van der Waals surface area contributed by atoms with Crippen LogP contribution in [0.2, 0.25) is 0 Å². The second-order valence-electron chi connectivity index (χ2n) is 7.40. The van der Waals surface area contributed by atoms with Crippen molar-refractivity contribution in [1.82, 2.24) is 20.2 Å². The number of ether oxygens (including phenoxy) is 1. The van der Waals surface area contributed by atoms with Gasteiger partial charge >= 0.3 is 0 Å². The highest BCUT2D eigenvalue weighted by molar-refractivity contribution is 5.63. The monoisotopic (exact) mass is 377 g/mol. The zero-order valence-electron chi connectivity index (χ0n) is 16.4. The molecule has 1 aromatic heterocycles. The fourth-order valence-electron chi connectivity index (χ4n) is 3.65. The molecule has 3 aromatic rings. The quantitative estimate of drug-likeness (QED) is 0.627. The molecule has 1 unspecified atom stereocenters. The lowest BCUT2D eigenvalue weighted by Gasteiger charge is -2.25. The normalized spacial score (nSPS) is 16.8. The van der Waals surface area contributed by atoms with Crippen molar-refractivity contribution in [3.63, 3.8) is 0 Å². The summed E-state index contributed by atoms with van der Waals surface area (Å²) in [5.41, 5.74) is 3.62. The van der Waals surface area contributed by atoms with E-state index >= 15 is 0 Å². The van der Waals surface area contributed by atoms with Gasteiger partial charge in [-0.3, -0.25) is 0 Å². The van der Waals surface area contributed by atoms with Crippen molar-refractivity contribution in [2.75, 3.05) is 25.1 Å². The Hall–Kier alpha value is -2.73. The van der Waals surface area contributed by atoms with E-state index in [0.29, 0.717) is 12.6 Å². The number of anilines is 1. The first-order chi connectivity index (χ1) is 13.8. The van der Waals surface area contributed by atoms with Gasteiger partial charge in [-0.25, -0.2) is 4.68 Å². The van der Waals surface area contributed by atoms with Crippen LogP contribution < -0.4 is 4.90 Å². The number of rotatable bonds is 7. The van der Waals surface area contributed by atoms with Crippen molar-refractivity contribution in [1.29, 1.82) is 0 Å². The summed E-state index contributed by atoms with van der Waals surface area (Å²) in [7, 11) is 2.05. The molecule has 0 spiro atoms. The van der Waals surface area contributed by atoms with E-state index in [1.54, 1.807) is 0 Å². The maximum Gasteiger partial charge on any atom is 0.245 e. The molecule has 0 bridgehead atoms. The summed E-state index contributed by atoms with van der Waals surface area (Å²) in [5.74, 6) is 0.794. The molecule has 2 aromatic carbocycles. The number of tetrazole rings is 1. The van der Waals surface area contributed by atoms with Gasteiger partial charge in [-0.15, -0.1) is 0 Å². The zero-order valence-corrected chi connectivity index (χ0v) is 16.4. The van der Waals surface area contributed by atoms with Gasteiger partial charge in [-0.05, 0) is 52.8 Å². The van der Waals surface area contributed by atoms with Crippen molar-refractivity contribution < 1.29 is 4.74 Å². The van der Waals surface area contributed by atoms with Gasteiger partial charge < -0.3 is 9.64 Å². The van der Waals surface area contributed by atoms with Crippen molar-refractivity contribution in [2.45, 2.75) is 38.3 Å². The average Bonchev–Trinajstić information content (AvgIpc) is 3.22. The first kappa shape index (κ1) is 18.6. The second kappa shape index (κ2) is 8.97. The summed E-state index contributed by atoms with van der Waals surface area (Å²) < 4.78 is 7.69. The van der Waals surface area contributed by atoms with Gasteiger partial charge in [0.1, 0.15) is 0 Å². The van der Waals surface area contributed by atoms with Crippen LogP contribution in [0.5, 0.6) is 0 Å². The highest BCUT2D eigenvalue weighted by atomic mass is 16.5. The molecule has 1 aliphatic heterocycles. The van der Waals surface area contributed by atoms with Gasteiger partial charge in [0.2, 0.25) is 5.95 Å². The molecule has 0 aliphatic carbocycles. The van der Waals surface area contributed by atoms with Gasteiger partial charge in [-0.2, -0.15) is 0 Å². The summed E-state index contributed by atoms with van der Waals surface area (Å²) in [5, 5.41) is 12.3. The maximum atomic E-state index is 5.83. The van der Waals surface area contributed by atoms with Crippen molar-refractivity contribution in [3.05, 3.63) is 60.2 Å². The molecular formula is C22H27N5O. The van der Waals surface area contributed by atoms with E-state index in [1.807, 2.05) is 17.8 Å². The fraction of sp³-hybridized carbons (Fsp3) is 0.409. The SMILES string of the molecule is CN(CCC1CCCCO1)c1nnnn1Cc1ccc(-c2ccccc2)cc1. The summed E-state index contributed by atoms with van der Waals surface area (Å²) in [6, 6.07) is 19.0. The minimum atomic E-state index is 0.367. The fourth-order valence-corrected chi connectivity index (χ4v) is 3.65. The van der Waals surface area contributed by atoms with E-state index < -0.39 is 0 Å². The number of nitrogens with zero attached hydrogens (tertiary/aromatic N) is 5. The van der Waals surface area contributed by atoms with Gasteiger partial charge in [0.05, 0.1) is 12.6 Å². The Bertz CT molecular complexity index is 856. The van der Waals surface area contributed by atoms with Gasteiger partial charge in [0.15, 0.2) is 0 Å². The minimum Gasteiger partial charge on any atom is -0.378 e. The minimum absolute atomic E-state index is 0.367. The Balaban J connectivity index is 1.38. The standard InChI is InChI=1S/C22H27N5O/c1-26(15-14-21-9-5-6-16-28-21)22-23-24-25-27(22)17-18-10-12-20(13-11-18)19-7-3-2-4-8-19/h2-4,7-8,10-13,21H,5-6,9,14-17H2,1H3. The number of aromatic nitrogens is 4. The molecule has 1 saturated heterocycles. The van der Waals surface area contributed by atoms with E-state index in [-0.39, 0.29) is 0 Å². The summed E-state index contributed by atoms with van der Waals surface area (Å²) in [6.45, 7) is 2.44. The van der Waals surface area contributed by atoms with Crippen LogP contribution in [0.15, 0.2) is 54.6 Å². The van der Waals surface area contributed by atoms with E-state index in [4.69, 9.17) is 4.74 Å². The second-order valence-corrected chi connectivity index (χ2v) is 7.40. The highest BCUT2D eigenvalue weighted by Gasteiger charge is 2.17. The molecule has 4 rings (SSSR count). The number of hydrogen-bond donors (Lipinski definition) is 0. The van der Waals surface area contributed by atoms with Crippen LogP contribution in [0.1, 0.15) is 31.2 Å². The number of benzene rings is 2. The maximum absolute atomic E-state index is 5.83. The lowest BCUT2D eigenvalue weighted by atomic mass is 10.0. The molecule has 6 heteroatoms. The van der Waals surface area contributed by atoms with Crippen LogP contribution in [-0.4, -0.2) is 46.5 Å². The largest absolute Gasteiger partial charge is 0.378 e. The molecule has 0 N–H and O–H groups in total. The Kier molecular flexibility index (Phi) is 5.97. The third-order valence-corrected chi connectivity index (χ3v) is 5.31. The molecule has 1 fully saturated rings. The summed E-state index contributed by atoms with van der Waals surface area (Å²) in [6.07, 6.45) is 4.99. The molecule has 6 nitrogen and oxygen atoms in total. The van der Waals surface area contributed by atoms with Crippen LogP contribution in [0.4, 0.5) is 5.95 Å². The highest BCUT2D eigenvalue weighted by Crippen LogP contribution is 2.21. The van der Waals surface area contributed by atoms with Gasteiger partial charge in [0, 0.05) is 20.2 Å². The van der Waals surface area contributed by atoms with E-state index in [9.17, 15) is 0 Å². The average molecular weight is 377 g/mol. The van der Waals surface area contributed by atoms with E-state index in [2.05, 4.69) is 69.0 Å². The van der Waals surface area contributed by atoms with Crippen LogP contribution in [0.25, 0.3) is 11.1 Å². The van der Waals surface area contributed by atoms with Crippen LogP contribution in [0, 0.1) is 0 Å². The van der Waals surface area contributed by atoms with Gasteiger partial charge in [0.25, 0.3) is 0 Å².